The molecule has 1 aliphatic carbocycles. The quantitative estimate of drug-likeness (QED) is 0.514. The molecule has 0 amide bonds. The third-order valence-corrected chi connectivity index (χ3v) is 6.26. The summed E-state index contributed by atoms with van der Waals surface area (Å²) in [6.07, 6.45) is 0.903. The Labute approximate surface area is 168 Å². The van der Waals surface area contributed by atoms with Crippen molar-refractivity contribution in [1.82, 2.24) is 0 Å². The number of hydrogen-bond acceptors (Lipinski definition) is 4. The summed E-state index contributed by atoms with van der Waals surface area (Å²) in [5, 5.41) is 3.37. The molecule has 3 aromatic rings. The number of cyclic esters (lactones) is 1. The second kappa shape index (κ2) is 5.98. The second-order valence-electron chi connectivity index (χ2n) is 7.69. The molecule has 1 unspecified atom stereocenters. The van der Waals surface area contributed by atoms with E-state index in [-0.39, 0.29) is 11.9 Å². The summed E-state index contributed by atoms with van der Waals surface area (Å²) >= 11 is 0. The molecule has 2 aliphatic heterocycles. The van der Waals surface area contributed by atoms with Gasteiger partial charge in [0.25, 0.3) is 0 Å². The molecule has 4 nitrogen and oxygen atoms in total. The van der Waals surface area contributed by atoms with E-state index in [0.29, 0.717) is 12.3 Å². The maximum Gasteiger partial charge on any atom is 0.355 e. The normalized spacial score (nSPS) is 18.4. The van der Waals surface area contributed by atoms with Gasteiger partial charge in [-0.05, 0) is 58.0 Å². The topological polar surface area (TPSA) is 47.6 Å². The van der Waals surface area contributed by atoms with Crippen LogP contribution in [0.4, 0.5) is 5.69 Å². The lowest BCUT2D eigenvalue weighted by molar-refractivity contribution is -0.135. The molecule has 1 N–H and O–H groups in total. The molecular weight excluding hydrogens is 362 g/mol. The smallest absolute Gasteiger partial charge is 0.355 e. The number of ether oxygens (including phenoxy) is 2. The van der Waals surface area contributed by atoms with Crippen LogP contribution < -0.4 is 10.1 Å². The zero-order valence-electron chi connectivity index (χ0n) is 16.0. The average Bonchev–Trinajstić information content (AvgIpc) is 3.33. The highest BCUT2D eigenvalue weighted by Crippen LogP contribution is 2.50. The van der Waals surface area contributed by atoms with Crippen molar-refractivity contribution in [2.75, 3.05) is 19.0 Å². The van der Waals surface area contributed by atoms with Crippen LogP contribution in [0, 0.1) is 0 Å². The molecule has 6 rings (SSSR count). The third kappa shape index (κ3) is 2.29. The molecule has 29 heavy (non-hydrogen) atoms. The molecule has 0 saturated carbocycles. The van der Waals surface area contributed by atoms with Crippen LogP contribution in [0.3, 0.4) is 0 Å². The predicted molar refractivity (Wildman–Crippen MR) is 111 cm³/mol. The number of benzene rings is 3. The molecule has 0 spiro atoms. The number of hydrogen-bond donors (Lipinski definition) is 1. The lowest BCUT2D eigenvalue weighted by atomic mass is 9.78. The van der Waals surface area contributed by atoms with Gasteiger partial charge < -0.3 is 14.8 Å². The van der Waals surface area contributed by atoms with E-state index in [1.165, 1.54) is 27.8 Å². The van der Waals surface area contributed by atoms with Gasteiger partial charge in [0.2, 0.25) is 0 Å². The number of fused-ring (bicyclic) bond motifs is 5. The molecular formula is C25H19NO3. The van der Waals surface area contributed by atoms with Gasteiger partial charge in [-0.15, -0.1) is 0 Å². The molecule has 4 heteroatoms. The number of carbonyl (C=O) groups is 1. The minimum Gasteiger partial charge on any atom is -0.497 e. The van der Waals surface area contributed by atoms with Crippen LogP contribution in [-0.4, -0.2) is 19.7 Å². The third-order valence-electron chi connectivity index (χ3n) is 6.26. The van der Waals surface area contributed by atoms with Crippen LogP contribution in [-0.2, 0) is 16.0 Å². The Morgan fingerprint density at radius 3 is 2.66 bits per heavy atom. The zero-order valence-corrected chi connectivity index (χ0v) is 16.0. The molecule has 0 saturated heterocycles. The minimum atomic E-state index is -0.270. The fraction of sp³-hybridized carbons (Fsp3) is 0.160. The standard InChI is InChI=1S/C25H19NO3/c1-28-16-8-6-14(7-9-16)22-20-13-29-25(27)24(20)26-21-11-10-18-17-5-3-2-4-15(17)12-19(18)23(21)22/h2-11,22,26H,12-13H2,1H3. The Hall–Kier alpha value is -3.53. The van der Waals surface area contributed by atoms with Crippen molar-refractivity contribution < 1.29 is 14.3 Å². The number of methoxy groups -OCH3 is 1. The molecule has 1 atom stereocenters. The first-order valence-electron chi connectivity index (χ1n) is 9.80. The minimum absolute atomic E-state index is 0.0112. The van der Waals surface area contributed by atoms with Gasteiger partial charge in [-0.1, -0.05) is 42.5 Å². The first kappa shape index (κ1) is 16.4. The van der Waals surface area contributed by atoms with E-state index in [1.807, 2.05) is 12.1 Å². The molecule has 3 aliphatic rings. The molecule has 0 radical (unpaired) electrons. The summed E-state index contributed by atoms with van der Waals surface area (Å²) in [4.78, 5) is 12.3. The van der Waals surface area contributed by atoms with Crippen molar-refractivity contribution in [2.24, 2.45) is 0 Å². The van der Waals surface area contributed by atoms with Crippen LogP contribution in [0.1, 0.15) is 28.2 Å². The van der Waals surface area contributed by atoms with E-state index < -0.39 is 0 Å². The van der Waals surface area contributed by atoms with Crippen molar-refractivity contribution in [1.29, 1.82) is 0 Å². The van der Waals surface area contributed by atoms with Gasteiger partial charge in [0.05, 0.1) is 7.11 Å². The Balaban J connectivity index is 1.59. The summed E-state index contributed by atoms with van der Waals surface area (Å²) < 4.78 is 10.8. The Morgan fingerprint density at radius 1 is 1.00 bits per heavy atom. The van der Waals surface area contributed by atoms with Gasteiger partial charge in [-0.3, -0.25) is 0 Å². The van der Waals surface area contributed by atoms with E-state index >= 15 is 0 Å². The van der Waals surface area contributed by atoms with Crippen LogP contribution in [0.15, 0.2) is 71.9 Å². The second-order valence-corrected chi connectivity index (χ2v) is 7.69. The summed E-state index contributed by atoms with van der Waals surface area (Å²) in [5.74, 6) is 0.539. The molecule has 0 bridgehead atoms. The monoisotopic (exact) mass is 381 g/mol. The lowest BCUT2D eigenvalue weighted by Gasteiger charge is -2.30. The Bertz CT molecular complexity index is 1210. The van der Waals surface area contributed by atoms with Crippen molar-refractivity contribution in [2.45, 2.75) is 12.3 Å². The lowest BCUT2D eigenvalue weighted by Crippen LogP contribution is -2.21. The van der Waals surface area contributed by atoms with E-state index in [0.717, 1.165) is 29.0 Å². The van der Waals surface area contributed by atoms with Gasteiger partial charge in [0, 0.05) is 17.2 Å². The number of nitrogens with one attached hydrogen (secondary N) is 1. The van der Waals surface area contributed by atoms with Gasteiger partial charge in [-0.25, -0.2) is 4.79 Å². The van der Waals surface area contributed by atoms with Crippen molar-refractivity contribution in [3.63, 3.8) is 0 Å². The highest BCUT2D eigenvalue weighted by atomic mass is 16.5. The van der Waals surface area contributed by atoms with Crippen LogP contribution in [0.25, 0.3) is 11.1 Å². The summed E-state index contributed by atoms with van der Waals surface area (Å²) in [5.41, 5.74) is 10.3. The number of carbonyl (C=O) groups excluding carboxylic acids is 1. The first-order valence-corrected chi connectivity index (χ1v) is 9.80. The van der Waals surface area contributed by atoms with Crippen molar-refractivity contribution in [3.05, 3.63) is 94.2 Å². The van der Waals surface area contributed by atoms with Crippen molar-refractivity contribution in [3.8, 4) is 16.9 Å². The summed E-state index contributed by atoms with van der Waals surface area (Å²) in [6.45, 7) is 0.327. The van der Waals surface area contributed by atoms with E-state index in [9.17, 15) is 4.79 Å². The number of rotatable bonds is 2. The van der Waals surface area contributed by atoms with Gasteiger partial charge >= 0.3 is 5.97 Å². The van der Waals surface area contributed by atoms with E-state index in [2.05, 4.69) is 53.8 Å². The number of esters is 1. The fourth-order valence-electron chi connectivity index (χ4n) is 4.92. The molecule has 0 aromatic heterocycles. The van der Waals surface area contributed by atoms with Crippen molar-refractivity contribution >= 4 is 11.7 Å². The summed E-state index contributed by atoms with van der Waals surface area (Å²) in [7, 11) is 1.67. The average molecular weight is 381 g/mol. The predicted octanol–water partition coefficient (Wildman–Crippen LogP) is 4.63. The SMILES string of the molecule is COc1ccc(C2C3=C(Nc4ccc5c(c42)Cc2ccccc2-5)C(=O)OC3)cc1. The van der Waals surface area contributed by atoms with Gasteiger partial charge in [0.15, 0.2) is 0 Å². The highest BCUT2D eigenvalue weighted by Gasteiger charge is 2.39. The van der Waals surface area contributed by atoms with Crippen LogP contribution >= 0.6 is 0 Å². The van der Waals surface area contributed by atoms with Gasteiger partial charge in [-0.2, -0.15) is 0 Å². The molecule has 0 fully saturated rings. The summed E-state index contributed by atoms with van der Waals surface area (Å²) in [6, 6.07) is 21.0. The Kier molecular flexibility index (Phi) is 3.39. The largest absolute Gasteiger partial charge is 0.497 e. The van der Waals surface area contributed by atoms with E-state index in [1.54, 1.807) is 7.11 Å². The Morgan fingerprint density at radius 2 is 1.83 bits per heavy atom. The van der Waals surface area contributed by atoms with Gasteiger partial charge in [0.1, 0.15) is 18.1 Å². The van der Waals surface area contributed by atoms with Crippen LogP contribution in [0.2, 0.25) is 0 Å². The molecule has 3 aromatic carbocycles. The maximum absolute atomic E-state index is 12.3. The zero-order chi connectivity index (χ0) is 19.5. The molecule has 142 valence electrons. The maximum atomic E-state index is 12.3. The number of anilines is 1. The van der Waals surface area contributed by atoms with Crippen LogP contribution in [0.5, 0.6) is 5.75 Å². The fourth-order valence-corrected chi connectivity index (χ4v) is 4.92. The first-order chi connectivity index (χ1) is 14.2. The highest BCUT2D eigenvalue weighted by molar-refractivity contribution is 5.98. The van der Waals surface area contributed by atoms with E-state index in [4.69, 9.17) is 9.47 Å². The molecule has 2 heterocycles.